The summed E-state index contributed by atoms with van der Waals surface area (Å²) in [6.07, 6.45) is 4.11. The minimum atomic E-state index is -4.14. The molecule has 36 heteroatoms. The van der Waals surface area contributed by atoms with Crippen LogP contribution in [0.5, 0.6) is 11.5 Å². The summed E-state index contributed by atoms with van der Waals surface area (Å²) in [6, 6.07) is 12.7. The topological polar surface area (TPSA) is 388 Å². The van der Waals surface area contributed by atoms with Crippen molar-refractivity contribution in [2.24, 2.45) is 5.41 Å². The van der Waals surface area contributed by atoms with Gasteiger partial charge in [-0.05, 0) is 100 Å². The SMILES string of the molecule is CCC(CC)(COCCOCCOC(=O)N1CCN(C(=O)Oc2ccc(C[C@H](NC(=O)[C@H]3N(S(=O)(=O)c4cccnc4)CSC3(C)C)C(=O)O)cc2)CC1)COCCOCCOC(=O)N1CCN(C(=O)Oc2ccc(C[C@H](NC(=O)[C@H]3N(S(=O)(=O)c4cccnc4)CSC3(C)C)C(=O)O)cc2)CC1. The third kappa shape index (κ3) is 22.1. The van der Waals surface area contributed by atoms with Gasteiger partial charge in [-0.3, -0.25) is 19.6 Å². The summed E-state index contributed by atoms with van der Waals surface area (Å²) in [4.78, 5) is 117. The first-order valence-electron chi connectivity index (χ1n) is 33.5. The second-order valence-electron chi connectivity index (χ2n) is 25.7. The lowest BCUT2D eigenvalue weighted by Crippen LogP contribution is -2.56. The van der Waals surface area contributed by atoms with Crippen molar-refractivity contribution >= 4 is 91.7 Å². The molecular weight excluding hydrogens is 1430 g/mol. The molecule has 6 amide bonds. The average molecular weight is 1520 g/mol. The molecule has 6 heterocycles. The number of piperazine rings is 2. The number of nitrogens with one attached hydrogen (secondary N) is 2. The van der Waals surface area contributed by atoms with Crippen molar-refractivity contribution in [1.29, 1.82) is 0 Å². The number of pyridine rings is 2. The maximum Gasteiger partial charge on any atom is 0.415 e. The van der Waals surface area contributed by atoms with Crippen molar-refractivity contribution in [3.8, 4) is 11.5 Å². The van der Waals surface area contributed by atoms with E-state index in [9.17, 15) is 65.4 Å². The van der Waals surface area contributed by atoms with Gasteiger partial charge in [-0.15, -0.1) is 23.5 Å². The standard InChI is InChI=1S/C67H90N10O22S4/c1-7-67(8-2,43-94-33-31-92-35-37-96-61(84)72-23-27-74(28-24-72)63(86)98-49-17-13-47(14-18-49)39-53(59(80)81)70-57(78)55-65(3,4)100-45-76(55)102(88,89)51-11-9-21-68-41-51)44-95-34-32-93-36-38-97-62(85)73-25-29-75(30-26-73)64(87)99-50-19-15-48(16-20-50)40-54(60(82)83)71-58(79)56-66(5,6)101-46-77(56)103(90,91)52-12-10-22-69-42-52/h9-22,41-42,53-56H,7-8,23-40,43-46H2,1-6H3,(H,70,78)(H,71,79)(H,80,81)(H,82,83)/t53-,54-,55+,56+/m0/s1. The van der Waals surface area contributed by atoms with Gasteiger partial charge in [-0.1, -0.05) is 38.1 Å². The predicted octanol–water partition coefficient (Wildman–Crippen LogP) is 4.86. The quantitative estimate of drug-likeness (QED) is 0.0453. The van der Waals surface area contributed by atoms with E-state index in [-0.39, 0.29) is 143 Å². The summed E-state index contributed by atoms with van der Waals surface area (Å²) in [6.45, 7) is 14.7. The number of sulfonamides is 2. The van der Waals surface area contributed by atoms with Crippen molar-refractivity contribution in [2.45, 2.75) is 111 Å². The van der Waals surface area contributed by atoms with Gasteiger partial charge in [0.05, 0.1) is 64.6 Å². The molecule has 4 aliphatic heterocycles. The Labute approximate surface area is 607 Å². The fourth-order valence-corrected chi connectivity index (χ4v) is 17.8. The number of ether oxygens (including phenoxy) is 8. The van der Waals surface area contributed by atoms with Crippen LogP contribution in [0.4, 0.5) is 19.2 Å². The maximum absolute atomic E-state index is 13.7. The normalized spacial score (nSPS) is 18.5. The van der Waals surface area contributed by atoms with Crippen LogP contribution in [-0.4, -0.2) is 277 Å². The molecule has 103 heavy (non-hydrogen) atoms. The highest BCUT2D eigenvalue weighted by Crippen LogP contribution is 2.44. The monoisotopic (exact) mass is 1510 g/mol. The Hall–Kier alpha value is -7.94. The summed E-state index contributed by atoms with van der Waals surface area (Å²) < 4.78 is 99.6. The first kappa shape index (κ1) is 80.7. The van der Waals surface area contributed by atoms with Crippen LogP contribution < -0.4 is 20.1 Å². The number of benzene rings is 2. The Morgan fingerprint density at radius 3 is 1.16 bits per heavy atom. The summed E-state index contributed by atoms with van der Waals surface area (Å²) >= 11 is 2.51. The van der Waals surface area contributed by atoms with Crippen molar-refractivity contribution in [1.82, 2.24) is 48.8 Å². The summed E-state index contributed by atoms with van der Waals surface area (Å²) in [5, 5.41) is 25.2. The van der Waals surface area contributed by atoms with Crippen LogP contribution >= 0.6 is 23.5 Å². The van der Waals surface area contributed by atoms with Crippen LogP contribution in [0.1, 0.15) is 65.5 Å². The first-order valence-corrected chi connectivity index (χ1v) is 38.4. The average Bonchev–Trinajstić information content (AvgIpc) is 1.63. The van der Waals surface area contributed by atoms with Crippen molar-refractivity contribution in [2.75, 3.05) is 130 Å². The minimum absolute atomic E-state index is 0.00183. The highest BCUT2D eigenvalue weighted by Gasteiger charge is 2.53. The molecule has 4 aromatic rings. The number of hydrogen-bond donors (Lipinski definition) is 4. The maximum atomic E-state index is 13.7. The lowest BCUT2D eigenvalue weighted by atomic mass is 9.84. The van der Waals surface area contributed by atoms with E-state index in [4.69, 9.17) is 37.9 Å². The van der Waals surface area contributed by atoms with Crippen molar-refractivity contribution in [3.63, 3.8) is 0 Å². The third-order valence-corrected chi connectivity index (χ3v) is 24.6. The summed E-state index contributed by atoms with van der Waals surface area (Å²) in [5.74, 6) is -3.85. The van der Waals surface area contributed by atoms with Crippen molar-refractivity contribution in [3.05, 3.63) is 109 Å². The number of carboxylic acid groups (broad SMARTS) is 2. The molecule has 0 unspecified atom stereocenters. The Balaban J connectivity index is 0.626. The molecule has 2 aromatic heterocycles. The minimum Gasteiger partial charge on any atom is -0.480 e. The van der Waals surface area contributed by atoms with Crippen LogP contribution in [0.2, 0.25) is 0 Å². The molecule has 4 N–H and O–H groups in total. The van der Waals surface area contributed by atoms with E-state index in [1.54, 1.807) is 52.0 Å². The Kier molecular flexibility index (Phi) is 29.1. The lowest BCUT2D eigenvalue weighted by Gasteiger charge is -2.33. The van der Waals surface area contributed by atoms with Crippen LogP contribution in [0.3, 0.4) is 0 Å². The van der Waals surface area contributed by atoms with E-state index in [2.05, 4.69) is 34.4 Å². The van der Waals surface area contributed by atoms with E-state index in [0.717, 1.165) is 21.5 Å². The molecule has 0 saturated carbocycles. The molecule has 0 radical (unpaired) electrons. The molecule has 2 aromatic carbocycles. The first-order chi connectivity index (χ1) is 49.1. The third-order valence-electron chi connectivity index (χ3n) is 17.9. The van der Waals surface area contributed by atoms with Gasteiger partial charge in [0.25, 0.3) is 0 Å². The Morgan fingerprint density at radius 1 is 0.505 bits per heavy atom. The van der Waals surface area contributed by atoms with E-state index >= 15 is 0 Å². The zero-order valence-corrected chi connectivity index (χ0v) is 61.6. The number of hydrogen-bond acceptors (Lipinski definition) is 24. The molecule has 32 nitrogen and oxygen atoms in total. The predicted molar refractivity (Wildman–Crippen MR) is 374 cm³/mol. The van der Waals surface area contributed by atoms with Gasteiger partial charge < -0.3 is 78.3 Å². The molecule has 0 aliphatic carbocycles. The fourth-order valence-electron chi connectivity index (χ4n) is 11.5. The van der Waals surface area contributed by atoms with Crippen LogP contribution in [0.25, 0.3) is 0 Å². The van der Waals surface area contributed by atoms with Gasteiger partial charge in [-0.2, -0.15) is 8.61 Å². The molecule has 0 bridgehead atoms. The number of aliphatic carboxylic acids is 2. The molecule has 564 valence electrons. The number of amides is 6. The fraction of sp³-hybridized carbons (Fsp3) is 0.552. The van der Waals surface area contributed by atoms with Crippen LogP contribution in [0, 0.1) is 5.41 Å². The molecule has 4 fully saturated rings. The van der Waals surface area contributed by atoms with Crippen LogP contribution in [-0.2, 0) is 80.5 Å². The second-order valence-corrected chi connectivity index (χ2v) is 32.6. The lowest BCUT2D eigenvalue weighted by molar-refractivity contribution is -0.142. The molecule has 4 aliphatic rings. The highest BCUT2D eigenvalue weighted by atomic mass is 32.2. The van der Waals surface area contributed by atoms with E-state index in [1.165, 1.54) is 116 Å². The van der Waals surface area contributed by atoms with Gasteiger partial charge >= 0.3 is 36.3 Å². The molecule has 8 rings (SSSR count). The number of nitrogens with zero attached hydrogens (tertiary/aromatic N) is 8. The largest absolute Gasteiger partial charge is 0.480 e. The molecular formula is C67H90N10O22S4. The Bertz CT molecular complexity index is 3520. The van der Waals surface area contributed by atoms with Gasteiger partial charge in [0.2, 0.25) is 31.9 Å². The van der Waals surface area contributed by atoms with Crippen molar-refractivity contribution < 1.29 is 103 Å². The van der Waals surface area contributed by atoms with Gasteiger partial charge in [0.1, 0.15) is 58.7 Å². The second kappa shape index (κ2) is 37.2. The van der Waals surface area contributed by atoms with E-state index in [0.29, 0.717) is 37.6 Å². The number of thioether (sulfide) groups is 2. The summed E-state index contributed by atoms with van der Waals surface area (Å²) in [5.41, 5.74) is 0.743. The number of carbonyl (C=O) groups excluding carboxylic acids is 6. The Morgan fingerprint density at radius 2 is 0.835 bits per heavy atom. The number of carboxylic acids is 2. The highest BCUT2D eigenvalue weighted by molar-refractivity contribution is 8.02. The van der Waals surface area contributed by atoms with Gasteiger partial charge in [-0.25, -0.2) is 45.6 Å². The molecule has 4 atom stereocenters. The molecule has 0 spiro atoms. The number of carbonyl (C=O) groups is 8. The smallest absolute Gasteiger partial charge is 0.415 e. The summed E-state index contributed by atoms with van der Waals surface area (Å²) in [7, 11) is -8.27. The van der Waals surface area contributed by atoms with Crippen LogP contribution in [0.15, 0.2) is 107 Å². The van der Waals surface area contributed by atoms with Gasteiger partial charge in [0.15, 0.2) is 0 Å². The van der Waals surface area contributed by atoms with Gasteiger partial charge in [0, 0.05) is 105 Å². The number of aromatic nitrogens is 2. The number of rotatable bonds is 34. The van der Waals surface area contributed by atoms with E-state index in [1.807, 2.05) is 0 Å². The molecule has 4 saturated heterocycles. The zero-order valence-electron chi connectivity index (χ0n) is 58.3. The van der Waals surface area contributed by atoms with E-state index < -0.39 is 102 Å². The zero-order chi connectivity index (χ0) is 74.5.